The number of hydrogen-bond acceptors (Lipinski definition) is 7. The van der Waals surface area contributed by atoms with Crippen LogP contribution in [0.25, 0.3) is 0 Å². The van der Waals surface area contributed by atoms with Gasteiger partial charge in [0.1, 0.15) is 0 Å². The number of nitrogens with two attached hydrogens (primary N) is 1. The van der Waals surface area contributed by atoms with Gasteiger partial charge in [-0.3, -0.25) is 4.72 Å². The van der Waals surface area contributed by atoms with E-state index in [2.05, 4.69) is 20.1 Å². The van der Waals surface area contributed by atoms with Crippen molar-refractivity contribution in [2.75, 3.05) is 17.8 Å². The third kappa shape index (κ3) is 4.17. The lowest BCUT2D eigenvalue weighted by Gasteiger charge is -2.25. The largest absolute Gasteiger partial charge is 0.451 e. The molecule has 1 fully saturated rings. The summed E-state index contributed by atoms with van der Waals surface area (Å²) >= 11 is 0. The zero-order chi connectivity index (χ0) is 16.4. The lowest BCUT2D eigenvalue weighted by Crippen LogP contribution is -2.45. The van der Waals surface area contributed by atoms with Crippen LogP contribution in [-0.2, 0) is 10.2 Å². The van der Waals surface area contributed by atoms with Crippen LogP contribution in [0.5, 0.6) is 0 Å². The van der Waals surface area contributed by atoms with Gasteiger partial charge in [0.2, 0.25) is 0 Å². The van der Waals surface area contributed by atoms with Crippen molar-refractivity contribution in [1.82, 2.24) is 19.7 Å². The Morgan fingerprint density at radius 3 is 2.95 bits per heavy atom. The van der Waals surface area contributed by atoms with E-state index in [9.17, 15) is 8.42 Å². The summed E-state index contributed by atoms with van der Waals surface area (Å²) in [6.45, 7) is 2.28. The van der Waals surface area contributed by atoms with Crippen LogP contribution in [0.4, 0.5) is 5.82 Å². The second-order valence-electron chi connectivity index (χ2n) is 5.88. The second kappa shape index (κ2) is 6.50. The van der Waals surface area contributed by atoms with Crippen molar-refractivity contribution >= 4 is 23.1 Å². The number of anilines is 1. The predicted octanol–water partition coefficient (Wildman–Crippen LogP) is -1.64. The molecule has 0 radical (unpaired) electrons. The normalized spacial score (nSPS) is 26.3. The Morgan fingerprint density at radius 2 is 2.36 bits per heavy atom. The molecule has 2 heterocycles. The molecule has 10 nitrogen and oxygen atoms in total. The zero-order valence-electron chi connectivity index (χ0n) is 12.3. The van der Waals surface area contributed by atoms with E-state index in [0.29, 0.717) is 12.8 Å². The maximum Gasteiger partial charge on any atom is 0.451 e. The molecule has 124 valence electrons. The molecule has 12 heteroatoms. The summed E-state index contributed by atoms with van der Waals surface area (Å²) in [7, 11) is -5.08. The summed E-state index contributed by atoms with van der Waals surface area (Å²) in [5, 5.41) is 27.1. The molecular formula is C10H21BN6O4S. The second-order valence-corrected chi connectivity index (χ2v) is 7.55. The molecule has 22 heavy (non-hydrogen) atoms. The number of rotatable bonds is 7. The minimum atomic E-state index is -3.73. The van der Waals surface area contributed by atoms with Crippen LogP contribution in [0.2, 0.25) is 6.32 Å². The Kier molecular flexibility index (Phi) is 5.07. The van der Waals surface area contributed by atoms with Gasteiger partial charge >= 0.3 is 17.3 Å². The third-order valence-electron chi connectivity index (χ3n) is 3.88. The lowest BCUT2D eigenvalue weighted by molar-refractivity contribution is 0.343. The number of aromatic nitrogens is 3. The van der Waals surface area contributed by atoms with Gasteiger partial charge in [0.05, 0.1) is 6.20 Å². The van der Waals surface area contributed by atoms with Gasteiger partial charge in [-0.2, -0.15) is 12.7 Å². The molecule has 1 aromatic heterocycles. The van der Waals surface area contributed by atoms with Crippen molar-refractivity contribution in [3.05, 3.63) is 6.20 Å². The number of aromatic amines is 1. The zero-order valence-corrected chi connectivity index (χ0v) is 13.1. The van der Waals surface area contributed by atoms with Crippen molar-refractivity contribution in [2.45, 2.75) is 31.6 Å². The standard InChI is InChI=1S/C10H21BN6O4S/c1-10(12)7-17(6-8(10)3-2-4-11(18)19)22(20,21)15-9-5-13-16-14-9/h5,8,18-19H,2-4,6-7,12H2,1H3,(H2,13,14,15,16)/t8-,10-/m0/s1. The Bertz CT molecular complexity index is 578. The molecular weight excluding hydrogens is 311 g/mol. The topological polar surface area (TPSA) is 157 Å². The average Bonchev–Trinajstić information content (AvgIpc) is 2.97. The van der Waals surface area contributed by atoms with Gasteiger partial charge in [0, 0.05) is 18.6 Å². The summed E-state index contributed by atoms with van der Waals surface area (Å²) in [5.74, 6) is 0.133. The minimum absolute atomic E-state index is 0.0530. The van der Waals surface area contributed by atoms with Crippen LogP contribution in [0, 0.1) is 5.92 Å². The molecule has 2 atom stereocenters. The molecule has 0 aromatic carbocycles. The summed E-state index contributed by atoms with van der Waals surface area (Å²) in [4.78, 5) is 0. The Morgan fingerprint density at radius 1 is 1.64 bits per heavy atom. The molecule has 0 saturated carbocycles. The monoisotopic (exact) mass is 332 g/mol. The number of nitrogens with one attached hydrogen (secondary N) is 2. The van der Waals surface area contributed by atoms with Gasteiger partial charge in [-0.05, 0) is 25.6 Å². The highest BCUT2D eigenvalue weighted by Gasteiger charge is 2.44. The lowest BCUT2D eigenvalue weighted by atomic mass is 9.79. The van der Waals surface area contributed by atoms with Crippen molar-refractivity contribution in [1.29, 1.82) is 0 Å². The number of hydrogen-bond donors (Lipinski definition) is 5. The van der Waals surface area contributed by atoms with E-state index < -0.39 is 22.9 Å². The van der Waals surface area contributed by atoms with Crippen molar-refractivity contribution in [3.8, 4) is 0 Å². The molecule has 0 aliphatic carbocycles. The molecule has 0 amide bonds. The predicted molar refractivity (Wildman–Crippen MR) is 80.8 cm³/mol. The third-order valence-corrected chi connectivity index (χ3v) is 5.32. The first kappa shape index (κ1) is 17.2. The fourth-order valence-electron chi connectivity index (χ4n) is 2.63. The molecule has 0 bridgehead atoms. The van der Waals surface area contributed by atoms with E-state index in [1.54, 1.807) is 6.92 Å². The van der Waals surface area contributed by atoms with Crippen molar-refractivity contribution in [2.24, 2.45) is 11.7 Å². The minimum Gasteiger partial charge on any atom is -0.427 e. The molecule has 1 aromatic rings. The molecule has 0 unspecified atom stereocenters. The highest BCUT2D eigenvalue weighted by molar-refractivity contribution is 7.90. The van der Waals surface area contributed by atoms with E-state index in [-0.39, 0.29) is 31.1 Å². The van der Waals surface area contributed by atoms with Crippen LogP contribution < -0.4 is 10.5 Å². The first-order chi connectivity index (χ1) is 10.2. The number of nitrogens with zero attached hydrogens (tertiary/aromatic N) is 3. The average molecular weight is 332 g/mol. The highest BCUT2D eigenvalue weighted by Crippen LogP contribution is 2.31. The van der Waals surface area contributed by atoms with Gasteiger partial charge in [-0.25, -0.2) is 5.10 Å². The molecule has 1 aliphatic heterocycles. The Hall–Kier alpha value is -1.21. The summed E-state index contributed by atoms with van der Waals surface area (Å²) < 4.78 is 28.3. The SMILES string of the molecule is C[C@]1(N)CN(S(=O)(=O)Nc2cnn[nH]2)C[C@@H]1CCCB(O)O. The van der Waals surface area contributed by atoms with Crippen molar-refractivity contribution < 1.29 is 18.5 Å². The molecule has 1 saturated heterocycles. The molecule has 6 N–H and O–H groups in total. The summed E-state index contributed by atoms with van der Waals surface area (Å²) in [5.41, 5.74) is 5.54. The van der Waals surface area contributed by atoms with E-state index >= 15 is 0 Å². The summed E-state index contributed by atoms with van der Waals surface area (Å²) in [6.07, 6.45) is 2.72. The van der Waals surface area contributed by atoms with Crippen LogP contribution >= 0.6 is 0 Å². The Labute approximate surface area is 129 Å². The summed E-state index contributed by atoms with van der Waals surface area (Å²) in [6, 6.07) is 0. The molecule has 2 rings (SSSR count). The smallest absolute Gasteiger partial charge is 0.427 e. The van der Waals surface area contributed by atoms with Crippen LogP contribution in [0.3, 0.4) is 0 Å². The first-order valence-electron chi connectivity index (χ1n) is 7.00. The van der Waals surface area contributed by atoms with Gasteiger partial charge in [-0.1, -0.05) is 11.6 Å². The van der Waals surface area contributed by atoms with Gasteiger partial charge < -0.3 is 15.8 Å². The fraction of sp³-hybridized carbons (Fsp3) is 0.800. The van der Waals surface area contributed by atoms with Gasteiger partial charge in [-0.15, -0.1) is 5.10 Å². The van der Waals surface area contributed by atoms with Crippen LogP contribution in [0.1, 0.15) is 19.8 Å². The maximum absolute atomic E-state index is 12.3. The highest BCUT2D eigenvalue weighted by atomic mass is 32.2. The molecule has 1 aliphatic rings. The van der Waals surface area contributed by atoms with Crippen LogP contribution in [-0.4, -0.2) is 63.9 Å². The van der Waals surface area contributed by atoms with Crippen molar-refractivity contribution in [3.63, 3.8) is 0 Å². The molecule has 0 spiro atoms. The van der Waals surface area contributed by atoms with E-state index in [1.807, 2.05) is 0 Å². The van der Waals surface area contributed by atoms with E-state index in [0.717, 1.165) is 0 Å². The van der Waals surface area contributed by atoms with E-state index in [4.69, 9.17) is 15.8 Å². The maximum atomic E-state index is 12.3. The quantitative estimate of drug-likeness (QED) is 0.375. The first-order valence-corrected chi connectivity index (χ1v) is 8.44. The van der Waals surface area contributed by atoms with Gasteiger partial charge in [0.15, 0.2) is 5.82 Å². The van der Waals surface area contributed by atoms with Gasteiger partial charge in [0.25, 0.3) is 0 Å². The Balaban J connectivity index is 1.98. The van der Waals surface area contributed by atoms with Crippen LogP contribution in [0.15, 0.2) is 6.20 Å². The van der Waals surface area contributed by atoms with E-state index in [1.165, 1.54) is 10.5 Å². The fourth-order valence-corrected chi connectivity index (χ4v) is 3.96. The number of H-pyrrole nitrogens is 1.